The van der Waals surface area contributed by atoms with Crippen LogP contribution in [0.15, 0.2) is 23.1 Å². The summed E-state index contributed by atoms with van der Waals surface area (Å²) in [7, 11) is -3.86. The van der Waals surface area contributed by atoms with Gasteiger partial charge in [-0.2, -0.15) is 0 Å². The fourth-order valence-corrected chi connectivity index (χ4v) is 2.74. The fraction of sp³-hybridized carbons (Fsp3) is 0.538. The minimum absolute atomic E-state index is 0.160. The molecule has 0 unspecified atom stereocenters. The van der Waals surface area contributed by atoms with Crippen LogP contribution < -0.4 is 10.5 Å². The summed E-state index contributed by atoms with van der Waals surface area (Å²) in [5, 5.41) is 0. The Morgan fingerprint density at radius 3 is 2.70 bits per heavy atom. The minimum atomic E-state index is -3.86. The van der Waals surface area contributed by atoms with Crippen molar-refractivity contribution >= 4 is 15.7 Å². The maximum Gasteiger partial charge on any atom is 0.243 e. The Morgan fingerprint density at radius 1 is 1.35 bits per heavy atom. The number of ether oxygens (including phenoxy) is 1. The molecule has 0 aliphatic carbocycles. The van der Waals surface area contributed by atoms with Gasteiger partial charge in [0, 0.05) is 18.8 Å². The van der Waals surface area contributed by atoms with E-state index in [1.165, 1.54) is 6.07 Å². The van der Waals surface area contributed by atoms with Crippen molar-refractivity contribution in [3.8, 4) is 0 Å². The van der Waals surface area contributed by atoms with Crippen LogP contribution in [0.25, 0.3) is 0 Å². The molecule has 0 amide bonds. The van der Waals surface area contributed by atoms with Crippen LogP contribution in [0.1, 0.15) is 26.7 Å². The first-order valence-corrected chi connectivity index (χ1v) is 7.97. The van der Waals surface area contributed by atoms with Gasteiger partial charge in [-0.3, -0.25) is 0 Å². The van der Waals surface area contributed by atoms with Crippen LogP contribution in [-0.4, -0.2) is 27.7 Å². The SMILES string of the molecule is CC(C)OCCCCNS(=O)(=O)c1cc(N)ccc1F. The molecule has 0 bridgehead atoms. The predicted molar refractivity (Wildman–Crippen MR) is 76.3 cm³/mol. The zero-order chi connectivity index (χ0) is 15.2. The lowest BCUT2D eigenvalue weighted by molar-refractivity contribution is 0.0762. The van der Waals surface area contributed by atoms with Gasteiger partial charge >= 0.3 is 0 Å². The second-order valence-corrected chi connectivity index (χ2v) is 6.45. The van der Waals surface area contributed by atoms with Crippen LogP contribution in [0.5, 0.6) is 0 Å². The molecule has 1 rings (SSSR count). The molecule has 7 heteroatoms. The molecule has 0 saturated carbocycles. The normalized spacial score (nSPS) is 12.0. The van der Waals surface area contributed by atoms with Crippen molar-refractivity contribution in [3.05, 3.63) is 24.0 Å². The van der Waals surface area contributed by atoms with E-state index in [1.807, 2.05) is 13.8 Å². The molecule has 0 radical (unpaired) electrons. The summed E-state index contributed by atoms with van der Waals surface area (Å²) in [6.07, 6.45) is 1.52. The molecule has 3 N–H and O–H groups in total. The van der Waals surface area contributed by atoms with E-state index in [4.69, 9.17) is 10.5 Å². The maximum atomic E-state index is 13.5. The number of halogens is 1. The molecule has 0 fully saturated rings. The van der Waals surface area contributed by atoms with Gasteiger partial charge in [-0.15, -0.1) is 0 Å². The quantitative estimate of drug-likeness (QED) is 0.567. The Morgan fingerprint density at radius 2 is 2.05 bits per heavy atom. The highest BCUT2D eigenvalue weighted by Gasteiger charge is 2.18. The van der Waals surface area contributed by atoms with Gasteiger partial charge < -0.3 is 10.5 Å². The summed E-state index contributed by atoms with van der Waals surface area (Å²) >= 11 is 0. The van der Waals surface area contributed by atoms with Crippen molar-refractivity contribution < 1.29 is 17.5 Å². The molecule has 20 heavy (non-hydrogen) atoms. The molecule has 0 atom stereocenters. The second kappa shape index (κ2) is 7.56. The maximum absolute atomic E-state index is 13.5. The summed E-state index contributed by atoms with van der Waals surface area (Å²) in [4.78, 5) is -0.420. The second-order valence-electron chi connectivity index (χ2n) is 4.71. The average molecular weight is 304 g/mol. The van der Waals surface area contributed by atoms with Crippen LogP contribution in [0, 0.1) is 5.82 Å². The Labute approximate surface area is 119 Å². The third-order valence-electron chi connectivity index (χ3n) is 2.56. The lowest BCUT2D eigenvalue weighted by Crippen LogP contribution is -2.26. The predicted octanol–water partition coefficient (Wildman–Crippen LogP) is 1.89. The fourth-order valence-electron chi connectivity index (χ4n) is 1.56. The lowest BCUT2D eigenvalue weighted by atomic mass is 10.3. The summed E-state index contributed by atoms with van der Waals surface area (Å²) in [5.74, 6) is -0.810. The third-order valence-corrected chi connectivity index (χ3v) is 4.04. The molecule has 1 aromatic carbocycles. The van der Waals surface area contributed by atoms with Crippen molar-refractivity contribution in [1.82, 2.24) is 4.72 Å². The summed E-state index contributed by atoms with van der Waals surface area (Å²) in [6.45, 7) is 4.68. The monoisotopic (exact) mass is 304 g/mol. The number of nitrogens with one attached hydrogen (secondary N) is 1. The van der Waals surface area contributed by atoms with Crippen molar-refractivity contribution in [3.63, 3.8) is 0 Å². The molecular formula is C13H21FN2O3S. The van der Waals surface area contributed by atoms with Crippen LogP contribution >= 0.6 is 0 Å². The van der Waals surface area contributed by atoms with Crippen LogP contribution in [0.3, 0.4) is 0 Å². The smallest absolute Gasteiger partial charge is 0.243 e. The van der Waals surface area contributed by atoms with Gasteiger partial charge in [0.1, 0.15) is 10.7 Å². The van der Waals surface area contributed by atoms with Crippen molar-refractivity contribution in [1.29, 1.82) is 0 Å². The molecule has 0 aliphatic rings. The number of nitrogens with two attached hydrogens (primary N) is 1. The minimum Gasteiger partial charge on any atom is -0.399 e. The third kappa shape index (κ3) is 5.44. The number of nitrogen functional groups attached to an aromatic ring is 1. The molecule has 1 aromatic rings. The first-order chi connectivity index (χ1) is 9.33. The van der Waals surface area contributed by atoms with Crippen LogP contribution in [-0.2, 0) is 14.8 Å². The molecule has 0 aliphatic heterocycles. The first kappa shape index (κ1) is 16.9. The van der Waals surface area contributed by atoms with Gasteiger partial charge in [-0.1, -0.05) is 0 Å². The summed E-state index contributed by atoms with van der Waals surface area (Å²) < 4.78 is 45.0. The number of sulfonamides is 1. The Bertz CT molecular complexity index is 532. The zero-order valence-corrected chi connectivity index (χ0v) is 12.5. The van der Waals surface area contributed by atoms with E-state index in [2.05, 4.69) is 4.72 Å². The number of unbranched alkanes of at least 4 members (excludes halogenated alkanes) is 1. The standard InChI is InChI=1S/C13H21FN2O3S/c1-10(2)19-8-4-3-7-16-20(17,18)13-9-11(15)5-6-12(13)14/h5-6,9-10,16H,3-4,7-8,15H2,1-2H3. The van der Waals surface area contributed by atoms with E-state index in [0.717, 1.165) is 18.6 Å². The first-order valence-electron chi connectivity index (χ1n) is 6.49. The largest absolute Gasteiger partial charge is 0.399 e. The topological polar surface area (TPSA) is 81.4 Å². The van der Waals surface area contributed by atoms with Gasteiger partial charge in [0.05, 0.1) is 6.10 Å². The zero-order valence-electron chi connectivity index (χ0n) is 11.7. The van der Waals surface area contributed by atoms with E-state index < -0.39 is 20.7 Å². The van der Waals surface area contributed by atoms with Gasteiger partial charge in [0.25, 0.3) is 0 Å². The Hall–Kier alpha value is -1.18. The summed E-state index contributed by atoms with van der Waals surface area (Å²) in [5.41, 5.74) is 5.68. The van der Waals surface area contributed by atoms with E-state index >= 15 is 0 Å². The number of rotatable bonds is 8. The van der Waals surface area contributed by atoms with Crippen LogP contribution in [0.2, 0.25) is 0 Å². The van der Waals surface area contributed by atoms with Crippen molar-refractivity contribution in [2.75, 3.05) is 18.9 Å². The van der Waals surface area contributed by atoms with E-state index in [-0.39, 0.29) is 18.3 Å². The number of anilines is 1. The number of benzene rings is 1. The highest BCUT2D eigenvalue weighted by atomic mass is 32.2. The highest BCUT2D eigenvalue weighted by Crippen LogP contribution is 2.17. The van der Waals surface area contributed by atoms with E-state index in [1.54, 1.807) is 0 Å². The molecular weight excluding hydrogens is 283 g/mol. The van der Waals surface area contributed by atoms with Crippen LogP contribution in [0.4, 0.5) is 10.1 Å². The van der Waals surface area contributed by atoms with Crippen molar-refractivity contribution in [2.24, 2.45) is 0 Å². The molecule has 0 heterocycles. The van der Waals surface area contributed by atoms with E-state index in [9.17, 15) is 12.8 Å². The molecule has 5 nitrogen and oxygen atoms in total. The van der Waals surface area contributed by atoms with Gasteiger partial charge in [-0.25, -0.2) is 17.5 Å². The van der Waals surface area contributed by atoms with Gasteiger partial charge in [-0.05, 0) is 44.9 Å². The Balaban J connectivity index is 2.48. The van der Waals surface area contributed by atoms with E-state index in [0.29, 0.717) is 13.0 Å². The Kier molecular flexibility index (Phi) is 6.38. The van der Waals surface area contributed by atoms with Crippen molar-refractivity contribution in [2.45, 2.75) is 37.7 Å². The molecule has 0 aromatic heterocycles. The molecule has 114 valence electrons. The summed E-state index contributed by atoms with van der Waals surface area (Å²) in [6, 6.07) is 3.47. The number of hydrogen-bond donors (Lipinski definition) is 2. The van der Waals surface area contributed by atoms with Gasteiger partial charge in [0.15, 0.2) is 0 Å². The number of hydrogen-bond acceptors (Lipinski definition) is 4. The van der Waals surface area contributed by atoms with Gasteiger partial charge in [0.2, 0.25) is 10.0 Å². The lowest BCUT2D eigenvalue weighted by Gasteiger charge is -2.09. The highest BCUT2D eigenvalue weighted by molar-refractivity contribution is 7.89. The average Bonchev–Trinajstić information content (AvgIpc) is 2.36. The molecule has 0 spiro atoms. The molecule has 0 saturated heterocycles.